The number of likely N-dealkylation sites (tertiary alicyclic amines) is 2. The molecule has 2 aromatic carbocycles. The molecule has 2 saturated heterocycles. The van der Waals surface area contributed by atoms with Gasteiger partial charge in [0.15, 0.2) is 11.6 Å². The van der Waals surface area contributed by atoms with Crippen molar-refractivity contribution in [3.63, 3.8) is 0 Å². The molecule has 0 radical (unpaired) electrons. The van der Waals surface area contributed by atoms with Crippen molar-refractivity contribution in [3.05, 3.63) is 64.8 Å². The van der Waals surface area contributed by atoms with Crippen LogP contribution in [-0.2, 0) is 14.3 Å². The molecule has 2 amide bonds. The van der Waals surface area contributed by atoms with Crippen molar-refractivity contribution in [2.24, 2.45) is 0 Å². The number of halogens is 3. The van der Waals surface area contributed by atoms with E-state index in [0.29, 0.717) is 42.2 Å². The van der Waals surface area contributed by atoms with Gasteiger partial charge < -0.3 is 24.0 Å². The number of amides is 2. The number of esters is 1. The molecular weight excluding hydrogens is 586 g/mol. The van der Waals surface area contributed by atoms with Gasteiger partial charge in [-0.05, 0) is 63.9 Å². The van der Waals surface area contributed by atoms with Gasteiger partial charge in [0, 0.05) is 42.5 Å². The second-order valence-electron chi connectivity index (χ2n) is 11.4. The average Bonchev–Trinajstić information content (AvgIpc) is 3.59. The van der Waals surface area contributed by atoms with E-state index in [4.69, 9.17) is 25.8 Å². The Bertz CT molecular complexity index is 1570. The summed E-state index contributed by atoms with van der Waals surface area (Å²) in [7, 11) is 1.21. The van der Waals surface area contributed by atoms with Crippen LogP contribution in [0.5, 0.6) is 11.5 Å². The summed E-state index contributed by atoms with van der Waals surface area (Å²) in [6.07, 6.45) is 2.07. The minimum atomic E-state index is -1.01. The first-order chi connectivity index (χ1) is 20.4. The van der Waals surface area contributed by atoms with Gasteiger partial charge in [-0.1, -0.05) is 11.6 Å². The number of methoxy groups -OCH3 is 1. The van der Waals surface area contributed by atoms with E-state index in [0.717, 1.165) is 12.1 Å². The molecule has 2 aliphatic heterocycles. The number of hydrogen-bond acceptors (Lipinski definition) is 7. The molecular formula is C30H31ClF2N4O6. The van der Waals surface area contributed by atoms with E-state index in [1.165, 1.54) is 18.1 Å². The van der Waals surface area contributed by atoms with Crippen LogP contribution < -0.4 is 4.74 Å². The maximum Gasteiger partial charge on any atom is 0.410 e. The summed E-state index contributed by atoms with van der Waals surface area (Å²) >= 11 is 6.30. The lowest BCUT2D eigenvalue weighted by atomic mass is 10.1. The Labute approximate surface area is 252 Å². The topological polar surface area (TPSA) is 103 Å². The van der Waals surface area contributed by atoms with Gasteiger partial charge >= 0.3 is 12.1 Å². The number of benzene rings is 2. The predicted octanol–water partition coefficient (Wildman–Crippen LogP) is 5.84. The number of hydrogen-bond donors (Lipinski definition) is 0. The fourth-order valence-electron chi connectivity index (χ4n) is 5.13. The molecule has 13 heteroatoms. The smallest absolute Gasteiger partial charge is 0.410 e. The standard InChI is InChI=1S/C30H31ClF2N4O6/c1-30(2,3)43-29(40)35-15-18(16-35)37-23(9-10-34-37)20-12-17(31)7-8-25(20)42-26-14-21(32)19(13-22(26)33)27(38)36-11-5-6-24(36)28(39)41-4/h7-10,12-14,18,24H,5-6,11,15-16H2,1-4H3/t24-/m0/s1. The van der Waals surface area contributed by atoms with E-state index < -0.39 is 52.6 Å². The van der Waals surface area contributed by atoms with Crippen molar-refractivity contribution in [2.45, 2.75) is 51.3 Å². The first-order valence-electron chi connectivity index (χ1n) is 13.7. The summed E-state index contributed by atoms with van der Waals surface area (Å²) in [5.74, 6) is -3.69. The van der Waals surface area contributed by atoms with Crippen molar-refractivity contribution in [3.8, 4) is 22.8 Å². The number of ether oxygens (including phenoxy) is 3. The molecule has 0 unspecified atom stereocenters. The molecule has 1 aromatic heterocycles. The van der Waals surface area contributed by atoms with Crippen LogP contribution in [0.2, 0.25) is 5.02 Å². The van der Waals surface area contributed by atoms with Crippen LogP contribution in [0.4, 0.5) is 13.6 Å². The largest absolute Gasteiger partial charge is 0.467 e. The monoisotopic (exact) mass is 616 g/mol. The number of nitrogens with zero attached hydrogens (tertiary/aromatic N) is 4. The number of carbonyl (C=O) groups is 3. The third-order valence-electron chi connectivity index (χ3n) is 7.21. The summed E-state index contributed by atoms with van der Waals surface area (Å²) < 4.78 is 48.3. The summed E-state index contributed by atoms with van der Waals surface area (Å²) in [5, 5.41) is 4.79. The zero-order valence-corrected chi connectivity index (χ0v) is 24.9. The van der Waals surface area contributed by atoms with Crippen molar-refractivity contribution in [2.75, 3.05) is 26.7 Å². The van der Waals surface area contributed by atoms with Gasteiger partial charge in [0.25, 0.3) is 5.91 Å². The van der Waals surface area contributed by atoms with E-state index >= 15 is 8.78 Å². The molecule has 0 saturated carbocycles. The van der Waals surface area contributed by atoms with Gasteiger partial charge in [-0.3, -0.25) is 9.48 Å². The van der Waals surface area contributed by atoms with Gasteiger partial charge in [-0.2, -0.15) is 5.10 Å². The van der Waals surface area contributed by atoms with Gasteiger partial charge in [0.05, 0.1) is 24.4 Å². The molecule has 2 fully saturated rings. The SMILES string of the molecule is COC(=O)[C@@H]1CCCN1C(=O)c1cc(F)c(Oc2ccc(Cl)cc2-c2ccnn2C2CN(C(=O)OC(C)(C)C)C2)cc1F. The number of carbonyl (C=O) groups excluding carboxylic acids is 3. The molecule has 3 heterocycles. The molecule has 228 valence electrons. The Morgan fingerprint density at radius 1 is 1.02 bits per heavy atom. The summed E-state index contributed by atoms with van der Waals surface area (Å²) in [6, 6.07) is 6.94. The zero-order chi connectivity index (χ0) is 31.1. The van der Waals surface area contributed by atoms with Crippen LogP contribution in [0.15, 0.2) is 42.6 Å². The van der Waals surface area contributed by atoms with Crippen LogP contribution in [-0.4, -0.2) is 75.9 Å². The first-order valence-corrected chi connectivity index (χ1v) is 14.1. The Morgan fingerprint density at radius 2 is 1.77 bits per heavy atom. The minimum Gasteiger partial charge on any atom is -0.467 e. The number of rotatable bonds is 6. The Kier molecular flexibility index (Phi) is 8.33. The molecule has 1 atom stereocenters. The Balaban J connectivity index is 1.38. The Morgan fingerprint density at radius 3 is 2.47 bits per heavy atom. The van der Waals surface area contributed by atoms with Crippen molar-refractivity contribution >= 4 is 29.6 Å². The highest BCUT2D eigenvalue weighted by Gasteiger charge is 2.38. The van der Waals surface area contributed by atoms with E-state index in [2.05, 4.69) is 5.10 Å². The average molecular weight is 617 g/mol. The van der Waals surface area contributed by atoms with Crippen LogP contribution >= 0.6 is 11.6 Å². The lowest BCUT2D eigenvalue weighted by Crippen LogP contribution is -2.52. The van der Waals surface area contributed by atoms with E-state index in [9.17, 15) is 14.4 Å². The van der Waals surface area contributed by atoms with Gasteiger partial charge in [0.1, 0.15) is 23.2 Å². The summed E-state index contributed by atoms with van der Waals surface area (Å²) in [6.45, 7) is 6.33. The van der Waals surface area contributed by atoms with Crippen molar-refractivity contribution in [1.82, 2.24) is 19.6 Å². The van der Waals surface area contributed by atoms with Gasteiger partial charge in [-0.25, -0.2) is 18.4 Å². The molecule has 0 N–H and O–H groups in total. The van der Waals surface area contributed by atoms with Crippen molar-refractivity contribution < 1.29 is 37.4 Å². The van der Waals surface area contributed by atoms with E-state index in [1.807, 2.05) is 0 Å². The van der Waals surface area contributed by atoms with Crippen LogP contribution in [0.1, 0.15) is 50.0 Å². The van der Waals surface area contributed by atoms with Crippen molar-refractivity contribution in [1.29, 1.82) is 0 Å². The molecule has 5 rings (SSSR count). The lowest BCUT2D eigenvalue weighted by molar-refractivity contribution is -0.145. The fraction of sp³-hybridized carbons (Fsp3) is 0.400. The molecule has 10 nitrogen and oxygen atoms in total. The van der Waals surface area contributed by atoms with Crippen LogP contribution in [0.3, 0.4) is 0 Å². The lowest BCUT2D eigenvalue weighted by Gasteiger charge is -2.40. The second kappa shape index (κ2) is 11.8. The van der Waals surface area contributed by atoms with Crippen LogP contribution in [0.25, 0.3) is 11.3 Å². The normalized spacial score (nSPS) is 17.0. The first kappa shape index (κ1) is 30.3. The minimum absolute atomic E-state index is 0.164. The summed E-state index contributed by atoms with van der Waals surface area (Å²) in [5.41, 5.74) is -0.0958. The maximum absolute atomic E-state index is 15.3. The van der Waals surface area contributed by atoms with Gasteiger partial charge in [-0.15, -0.1) is 0 Å². The number of aromatic nitrogens is 2. The maximum atomic E-state index is 15.3. The fourth-order valence-corrected chi connectivity index (χ4v) is 5.30. The Hall–Kier alpha value is -4.19. The quantitative estimate of drug-likeness (QED) is 0.320. The van der Waals surface area contributed by atoms with E-state index in [1.54, 1.807) is 54.7 Å². The third-order valence-corrected chi connectivity index (χ3v) is 7.44. The molecule has 0 bridgehead atoms. The highest BCUT2D eigenvalue weighted by Crippen LogP contribution is 2.39. The summed E-state index contributed by atoms with van der Waals surface area (Å²) in [4.78, 5) is 40.3. The highest BCUT2D eigenvalue weighted by atomic mass is 35.5. The molecule has 43 heavy (non-hydrogen) atoms. The molecule has 0 aliphatic carbocycles. The highest BCUT2D eigenvalue weighted by molar-refractivity contribution is 6.31. The third kappa shape index (κ3) is 6.29. The molecule has 2 aliphatic rings. The second-order valence-corrected chi connectivity index (χ2v) is 11.8. The zero-order valence-electron chi connectivity index (χ0n) is 24.1. The van der Waals surface area contributed by atoms with E-state index in [-0.39, 0.29) is 18.3 Å². The molecule has 3 aromatic rings. The molecule has 0 spiro atoms. The predicted molar refractivity (Wildman–Crippen MR) is 152 cm³/mol. The van der Waals surface area contributed by atoms with Gasteiger partial charge in [0.2, 0.25) is 0 Å². The van der Waals surface area contributed by atoms with Crippen LogP contribution in [0, 0.1) is 11.6 Å².